The summed E-state index contributed by atoms with van der Waals surface area (Å²) in [6.07, 6.45) is 2.77. The third-order valence-corrected chi connectivity index (χ3v) is 3.70. The first-order chi connectivity index (χ1) is 9.76. The van der Waals surface area contributed by atoms with E-state index in [1.165, 1.54) is 0 Å². The molecule has 3 aromatic heterocycles. The summed E-state index contributed by atoms with van der Waals surface area (Å²) in [7, 11) is 1.91. The molecule has 104 valence electrons. The molecule has 0 saturated carbocycles. The Labute approximate surface area is 119 Å². The fraction of sp³-hybridized carbons (Fsp3) is 0.250. The third-order valence-electron chi connectivity index (χ3n) is 2.90. The number of fused-ring (bicyclic) bond motifs is 1. The van der Waals surface area contributed by atoms with Gasteiger partial charge in [0.05, 0.1) is 11.1 Å². The second kappa shape index (κ2) is 5.43. The minimum absolute atomic E-state index is 0.417. The van der Waals surface area contributed by atoms with Crippen molar-refractivity contribution in [2.45, 2.75) is 6.42 Å². The molecule has 0 radical (unpaired) electrons. The monoisotopic (exact) mass is 289 g/mol. The van der Waals surface area contributed by atoms with E-state index in [0.29, 0.717) is 5.95 Å². The standard InChI is InChI=1S/C12H15N7S/c1-19-6-3-8(18-19)2-5-14-10-9-4-7-20-11(9)16-12(15-10)17-13/h3-4,6-7H,2,5,13H2,1H3,(H2,14,15,16,17). The molecule has 0 bridgehead atoms. The maximum atomic E-state index is 5.39. The van der Waals surface area contributed by atoms with Crippen molar-refractivity contribution in [1.82, 2.24) is 19.7 Å². The fourth-order valence-corrected chi connectivity index (χ4v) is 2.72. The first-order valence-corrected chi connectivity index (χ1v) is 7.08. The average Bonchev–Trinajstić information content (AvgIpc) is 3.07. The van der Waals surface area contributed by atoms with Crippen molar-refractivity contribution in [3.05, 3.63) is 29.4 Å². The van der Waals surface area contributed by atoms with E-state index in [1.54, 1.807) is 16.0 Å². The molecule has 0 aromatic carbocycles. The zero-order chi connectivity index (χ0) is 13.9. The van der Waals surface area contributed by atoms with E-state index in [0.717, 1.165) is 34.7 Å². The Kier molecular flexibility index (Phi) is 3.48. The van der Waals surface area contributed by atoms with Crippen LogP contribution in [-0.4, -0.2) is 26.3 Å². The van der Waals surface area contributed by atoms with E-state index in [2.05, 4.69) is 25.8 Å². The Hall–Kier alpha value is -2.19. The van der Waals surface area contributed by atoms with Crippen molar-refractivity contribution in [2.24, 2.45) is 12.9 Å². The van der Waals surface area contributed by atoms with Crippen LogP contribution in [-0.2, 0) is 13.5 Å². The first-order valence-electron chi connectivity index (χ1n) is 6.20. The van der Waals surface area contributed by atoms with Crippen molar-refractivity contribution in [3.8, 4) is 0 Å². The van der Waals surface area contributed by atoms with Crippen LogP contribution < -0.4 is 16.6 Å². The van der Waals surface area contributed by atoms with Gasteiger partial charge in [0, 0.05) is 26.2 Å². The summed E-state index contributed by atoms with van der Waals surface area (Å²) < 4.78 is 1.80. The SMILES string of the molecule is Cn1ccc(CCNc2nc(NN)nc3sccc23)n1. The van der Waals surface area contributed by atoms with E-state index in [4.69, 9.17) is 5.84 Å². The number of nitrogens with one attached hydrogen (secondary N) is 2. The molecule has 0 amide bonds. The fourth-order valence-electron chi connectivity index (χ4n) is 1.96. The minimum atomic E-state index is 0.417. The van der Waals surface area contributed by atoms with Crippen LogP contribution in [0.5, 0.6) is 0 Å². The topological polar surface area (TPSA) is 93.7 Å². The van der Waals surface area contributed by atoms with Gasteiger partial charge in [0.15, 0.2) is 0 Å². The van der Waals surface area contributed by atoms with Gasteiger partial charge in [-0.05, 0) is 17.5 Å². The number of nitrogens with two attached hydrogens (primary N) is 1. The number of nitrogen functional groups attached to an aromatic ring is 1. The lowest BCUT2D eigenvalue weighted by molar-refractivity contribution is 0.742. The maximum Gasteiger partial charge on any atom is 0.240 e. The molecule has 3 aromatic rings. The van der Waals surface area contributed by atoms with Crippen LogP contribution in [0, 0.1) is 0 Å². The Morgan fingerprint density at radius 1 is 1.35 bits per heavy atom. The van der Waals surface area contributed by atoms with E-state index in [9.17, 15) is 0 Å². The maximum absolute atomic E-state index is 5.39. The number of thiophene rings is 1. The number of nitrogens with zero attached hydrogens (tertiary/aromatic N) is 4. The van der Waals surface area contributed by atoms with Crippen LogP contribution in [0.25, 0.3) is 10.2 Å². The smallest absolute Gasteiger partial charge is 0.240 e. The second-order valence-electron chi connectivity index (χ2n) is 4.34. The largest absolute Gasteiger partial charge is 0.369 e. The Morgan fingerprint density at radius 3 is 3.00 bits per heavy atom. The summed E-state index contributed by atoms with van der Waals surface area (Å²) in [5, 5.41) is 10.7. The van der Waals surface area contributed by atoms with Crippen molar-refractivity contribution in [3.63, 3.8) is 0 Å². The van der Waals surface area contributed by atoms with Gasteiger partial charge in [0.2, 0.25) is 5.95 Å². The van der Waals surface area contributed by atoms with Crippen molar-refractivity contribution in [2.75, 3.05) is 17.3 Å². The first kappa shape index (κ1) is 12.8. The van der Waals surface area contributed by atoms with Gasteiger partial charge in [-0.2, -0.15) is 10.1 Å². The molecule has 0 aliphatic heterocycles. The molecule has 0 fully saturated rings. The van der Waals surface area contributed by atoms with Crippen LogP contribution in [0.3, 0.4) is 0 Å². The number of rotatable bonds is 5. The minimum Gasteiger partial charge on any atom is -0.369 e. The normalized spacial score (nSPS) is 10.9. The van der Waals surface area contributed by atoms with E-state index < -0.39 is 0 Å². The Balaban J connectivity index is 1.74. The number of aromatic nitrogens is 4. The van der Waals surface area contributed by atoms with Crippen LogP contribution in [0.15, 0.2) is 23.7 Å². The molecule has 8 heteroatoms. The van der Waals surface area contributed by atoms with Crippen LogP contribution in [0.2, 0.25) is 0 Å². The molecule has 0 unspecified atom stereocenters. The molecule has 7 nitrogen and oxygen atoms in total. The lowest BCUT2D eigenvalue weighted by Gasteiger charge is -2.07. The van der Waals surface area contributed by atoms with Gasteiger partial charge < -0.3 is 5.32 Å². The molecule has 20 heavy (non-hydrogen) atoms. The van der Waals surface area contributed by atoms with Gasteiger partial charge in [0.25, 0.3) is 0 Å². The predicted molar refractivity (Wildman–Crippen MR) is 80.6 cm³/mol. The van der Waals surface area contributed by atoms with Gasteiger partial charge in [-0.15, -0.1) is 11.3 Å². The van der Waals surface area contributed by atoms with Gasteiger partial charge in [0.1, 0.15) is 10.6 Å². The van der Waals surface area contributed by atoms with Crippen molar-refractivity contribution >= 4 is 33.3 Å². The van der Waals surface area contributed by atoms with E-state index in [1.807, 2.05) is 30.8 Å². The van der Waals surface area contributed by atoms with Crippen molar-refractivity contribution in [1.29, 1.82) is 0 Å². The molecular formula is C12H15N7S. The van der Waals surface area contributed by atoms with Gasteiger partial charge in [-0.3, -0.25) is 10.1 Å². The summed E-state index contributed by atoms with van der Waals surface area (Å²) in [5.41, 5.74) is 3.54. The zero-order valence-electron chi connectivity index (χ0n) is 11.0. The lowest BCUT2D eigenvalue weighted by Crippen LogP contribution is -2.13. The van der Waals surface area contributed by atoms with Crippen LogP contribution in [0.4, 0.5) is 11.8 Å². The number of hydrogen-bond acceptors (Lipinski definition) is 7. The summed E-state index contributed by atoms with van der Waals surface area (Å²) in [6, 6.07) is 4.01. The van der Waals surface area contributed by atoms with Crippen molar-refractivity contribution < 1.29 is 0 Å². The van der Waals surface area contributed by atoms with Crippen LogP contribution >= 0.6 is 11.3 Å². The highest BCUT2D eigenvalue weighted by Crippen LogP contribution is 2.26. The Morgan fingerprint density at radius 2 is 2.25 bits per heavy atom. The lowest BCUT2D eigenvalue weighted by atomic mass is 10.3. The highest BCUT2D eigenvalue weighted by molar-refractivity contribution is 7.16. The summed E-state index contributed by atoms with van der Waals surface area (Å²) in [5.74, 6) is 6.60. The number of anilines is 2. The third kappa shape index (κ3) is 2.56. The zero-order valence-corrected chi connectivity index (χ0v) is 11.8. The van der Waals surface area contributed by atoms with E-state index in [-0.39, 0.29) is 0 Å². The quantitative estimate of drug-likeness (QED) is 0.485. The molecule has 0 saturated heterocycles. The summed E-state index contributed by atoms with van der Waals surface area (Å²) in [6.45, 7) is 0.753. The Bertz CT molecular complexity index is 717. The summed E-state index contributed by atoms with van der Waals surface area (Å²) in [4.78, 5) is 9.56. The molecule has 3 heterocycles. The summed E-state index contributed by atoms with van der Waals surface area (Å²) >= 11 is 1.56. The second-order valence-corrected chi connectivity index (χ2v) is 5.23. The number of aryl methyl sites for hydroxylation is 1. The molecule has 4 N–H and O–H groups in total. The highest BCUT2D eigenvalue weighted by Gasteiger charge is 2.08. The average molecular weight is 289 g/mol. The van der Waals surface area contributed by atoms with Crippen LogP contribution in [0.1, 0.15) is 5.69 Å². The van der Waals surface area contributed by atoms with Gasteiger partial charge in [-0.1, -0.05) is 0 Å². The molecule has 0 spiro atoms. The molecule has 0 aliphatic carbocycles. The molecule has 0 aliphatic rings. The number of hydrogen-bond donors (Lipinski definition) is 3. The predicted octanol–water partition coefficient (Wildman–Crippen LogP) is 1.36. The molecule has 0 atom stereocenters. The van der Waals surface area contributed by atoms with Gasteiger partial charge in [-0.25, -0.2) is 10.8 Å². The molecular weight excluding hydrogens is 274 g/mol. The highest BCUT2D eigenvalue weighted by atomic mass is 32.1. The number of hydrazine groups is 1. The van der Waals surface area contributed by atoms with E-state index >= 15 is 0 Å². The molecule has 3 rings (SSSR count). The van der Waals surface area contributed by atoms with Gasteiger partial charge >= 0.3 is 0 Å².